The summed E-state index contributed by atoms with van der Waals surface area (Å²) in [7, 11) is 1.66. The quantitative estimate of drug-likeness (QED) is 0.880. The molecule has 0 radical (unpaired) electrons. The number of hydrogen-bond acceptors (Lipinski definition) is 5. The Hall–Kier alpha value is -2.41. The van der Waals surface area contributed by atoms with Gasteiger partial charge >= 0.3 is 0 Å². The maximum Gasteiger partial charge on any atom is 0.243 e. The fourth-order valence-corrected chi connectivity index (χ4v) is 3.79. The van der Waals surface area contributed by atoms with Crippen LogP contribution in [0.25, 0.3) is 11.1 Å². The Kier molecular flexibility index (Phi) is 4.40. The SMILES string of the molecule is COC1(CC(=O)N2CCNC(=O)C2Cc2nc3ccccc3o2)CCC1. The minimum Gasteiger partial charge on any atom is -0.441 e. The van der Waals surface area contributed by atoms with E-state index in [0.717, 1.165) is 24.8 Å². The molecule has 7 nitrogen and oxygen atoms in total. The van der Waals surface area contributed by atoms with Gasteiger partial charge in [0.25, 0.3) is 0 Å². The zero-order chi connectivity index (χ0) is 18.1. The van der Waals surface area contributed by atoms with Crippen LogP contribution in [0.2, 0.25) is 0 Å². The van der Waals surface area contributed by atoms with Crippen molar-refractivity contribution in [2.24, 2.45) is 0 Å². The second-order valence-corrected chi connectivity index (χ2v) is 7.09. The molecule has 1 saturated carbocycles. The molecule has 0 spiro atoms. The first-order chi connectivity index (χ1) is 12.6. The van der Waals surface area contributed by atoms with Crippen molar-refractivity contribution in [2.75, 3.05) is 20.2 Å². The van der Waals surface area contributed by atoms with Crippen LogP contribution in [0.15, 0.2) is 28.7 Å². The van der Waals surface area contributed by atoms with Gasteiger partial charge in [0, 0.05) is 20.2 Å². The van der Waals surface area contributed by atoms with Gasteiger partial charge in [-0.2, -0.15) is 0 Å². The van der Waals surface area contributed by atoms with E-state index in [1.807, 2.05) is 24.3 Å². The van der Waals surface area contributed by atoms with E-state index in [0.29, 0.717) is 31.0 Å². The highest BCUT2D eigenvalue weighted by atomic mass is 16.5. The number of rotatable bonds is 5. The molecule has 2 aromatic rings. The number of amides is 2. The molecule has 7 heteroatoms. The van der Waals surface area contributed by atoms with Crippen molar-refractivity contribution < 1.29 is 18.7 Å². The number of para-hydroxylation sites is 2. The molecule has 138 valence electrons. The van der Waals surface area contributed by atoms with Crippen LogP contribution in [0.4, 0.5) is 0 Å². The molecule has 1 aromatic heterocycles. The van der Waals surface area contributed by atoms with Crippen molar-refractivity contribution in [3.8, 4) is 0 Å². The second-order valence-electron chi connectivity index (χ2n) is 7.09. The number of carbonyl (C=O) groups is 2. The Morgan fingerprint density at radius 2 is 2.23 bits per heavy atom. The summed E-state index contributed by atoms with van der Waals surface area (Å²) in [5, 5.41) is 2.84. The van der Waals surface area contributed by atoms with Crippen LogP contribution in [-0.2, 0) is 20.7 Å². The average molecular weight is 357 g/mol. The van der Waals surface area contributed by atoms with Crippen molar-refractivity contribution >= 4 is 22.9 Å². The molecule has 2 fully saturated rings. The fourth-order valence-electron chi connectivity index (χ4n) is 3.79. The summed E-state index contributed by atoms with van der Waals surface area (Å²) < 4.78 is 11.3. The third-order valence-corrected chi connectivity index (χ3v) is 5.53. The topological polar surface area (TPSA) is 84.7 Å². The molecule has 4 rings (SSSR count). The molecule has 1 aromatic carbocycles. The van der Waals surface area contributed by atoms with E-state index in [9.17, 15) is 9.59 Å². The first-order valence-electron chi connectivity index (χ1n) is 9.07. The van der Waals surface area contributed by atoms with Crippen molar-refractivity contribution in [3.63, 3.8) is 0 Å². The molecular weight excluding hydrogens is 334 g/mol. The number of fused-ring (bicyclic) bond motifs is 1. The smallest absolute Gasteiger partial charge is 0.243 e. The fraction of sp³-hybridized carbons (Fsp3) is 0.526. The van der Waals surface area contributed by atoms with E-state index < -0.39 is 6.04 Å². The Balaban J connectivity index is 1.53. The second kappa shape index (κ2) is 6.72. The van der Waals surface area contributed by atoms with Crippen molar-refractivity contribution in [1.82, 2.24) is 15.2 Å². The summed E-state index contributed by atoms with van der Waals surface area (Å²) in [4.78, 5) is 31.4. The van der Waals surface area contributed by atoms with Gasteiger partial charge in [0.2, 0.25) is 11.8 Å². The standard InChI is InChI=1S/C19H23N3O4/c1-25-19(7-4-8-19)12-17(23)22-10-9-20-18(24)14(22)11-16-21-13-5-2-3-6-15(13)26-16/h2-3,5-6,14H,4,7-12H2,1H3,(H,20,24). The molecule has 1 N–H and O–H groups in total. The van der Waals surface area contributed by atoms with Gasteiger partial charge in [-0.05, 0) is 31.4 Å². The Labute approximate surface area is 151 Å². The van der Waals surface area contributed by atoms with Crippen molar-refractivity contribution in [3.05, 3.63) is 30.2 Å². The van der Waals surface area contributed by atoms with E-state index in [-0.39, 0.29) is 23.8 Å². The van der Waals surface area contributed by atoms with Gasteiger partial charge in [-0.1, -0.05) is 12.1 Å². The van der Waals surface area contributed by atoms with Crippen molar-refractivity contribution in [1.29, 1.82) is 0 Å². The lowest BCUT2D eigenvalue weighted by atomic mass is 9.77. The molecular formula is C19H23N3O4. The summed E-state index contributed by atoms with van der Waals surface area (Å²) in [6, 6.07) is 6.88. The molecule has 2 aliphatic rings. The lowest BCUT2D eigenvalue weighted by Crippen LogP contribution is -2.59. The molecule has 2 heterocycles. The molecule has 1 aliphatic heterocycles. The van der Waals surface area contributed by atoms with Crippen molar-refractivity contribution in [2.45, 2.75) is 43.7 Å². The number of nitrogens with one attached hydrogen (secondary N) is 1. The van der Waals surface area contributed by atoms with Gasteiger partial charge in [-0.3, -0.25) is 9.59 Å². The van der Waals surface area contributed by atoms with Gasteiger partial charge < -0.3 is 19.4 Å². The van der Waals surface area contributed by atoms with Gasteiger partial charge in [-0.25, -0.2) is 4.98 Å². The van der Waals surface area contributed by atoms with Gasteiger partial charge in [0.1, 0.15) is 11.6 Å². The van der Waals surface area contributed by atoms with Crippen LogP contribution in [0.5, 0.6) is 0 Å². The highest BCUT2D eigenvalue weighted by molar-refractivity contribution is 5.89. The largest absolute Gasteiger partial charge is 0.441 e. The number of aromatic nitrogens is 1. The maximum absolute atomic E-state index is 12.9. The van der Waals surface area contributed by atoms with Crippen LogP contribution in [0.1, 0.15) is 31.6 Å². The summed E-state index contributed by atoms with van der Waals surface area (Å²) >= 11 is 0. The number of carbonyl (C=O) groups excluding carboxylic acids is 2. The normalized spacial score (nSPS) is 22.1. The van der Waals surface area contributed by atoms with Crippen LogP contribution in [0.3, 0.4) is 0 Å². The van der Waals surface area contributed by atoms with E-state index in [1.54, 1.807) is 12.0 Å². The monoisotopic (exact) mass is 357 g/mol. The van der Waals surface area contributed by atoms with Crippen LogP contribution in [-0.4, -0.2) is 53.5 Å². The predicted molar refractivity (Wildman–Crippen MR) is 94.4 cm³/mol. The van der Waals surface area contributed by atoms with Gasteiger partial charge in [-0.15, -0.1) is 0 Å². The van der Waals surface area contributed by atoms with E-state index >= 15 is 0 Å². The van der Waals surface area contributed by atoms with Crippen LogP contribution < -0.4 is 5.32 Å². The van der Waals surface area contributed by atoms with E-state index in [1.165, 1.54) is 0 Å². The molecule has 2 amide bonds. The highest BCUT2D eigenvalue weighted by Crippen LogP contribution is 2.38. The first kappa shape index (κ1) is 17.0. The summed E-state index contributed by atoms with van der Waals surface area (Å²) in [5.41, 5.74) is 1.08. The number of ether oxygens (including phenoxy) is 1. The summed E-state index contributed by atoms with van der Waals surface area (Å²) in [6.07, 6.45) is 3.46. The van der Waals surface area contributed by atoms with E-state index in [2.05, 4.69) is 10.3 Å². The molecule has 1 saturated heterocycles. The zero-order valence-electron chi connectivity index (χ0n) is 14.9. The first-order valence-corrected chi connectivity index (χ1v) is 9.07. The van der Waals surface area contributed by atoms with Crippen LogP contribution >= 0.6 is 0 Å². The highest BCUT2D eigenvalue weighted by Gasteiger charge is 2.42. The number of piperazine rings is 1. The third-order valence-electron chi connectivity index (χ3n) is 5.53. The lowest BCUT2D eigenvalue weighted by molar-refractivity contribution is -0.152. The number of methoxy groups -OCH3 is 1. The Morgan fingerprint density at radius 1 is 1.42 bits per heavy atom. The number of benzene rings is 1. The number of hydrogen-bond donors (Lipinski definition) is 1. The van der Waals surface area contributed by atoms with Gasteiger partial charge in [0.05, 0.1) is 18.4 Å². The molecule has 0 bridgehead atoms. The third kappa shape index (κ3) is 3.07. The molecule has 1 atom stereocenters. The minimum absolute atomic E-state index is 0.0393. The molecule has 26 heavy (non-hydrogen) atoms. The van der Waals surface area contributed by atoms with Crippen LogP contribution in [0, 0.1) is 0 Å². The summed E-state index contributed by atoms with van der Waals surface area (Å²) in [5.74, 6) is 0.269. The number of oxazole rings is 1. The minimum atomic E-state index is -0.599. The maximum atomic E-state index is 12.9. The zero-order valence-corrected chi connectivity index (χ0v) is 14.9. The van der Waals surface area contributed by atoms with E-state index in [4.69, 9.17) is 9.15 Å². The average Bonchev–Trinajstić information content (AvgIpc) is 3.02. The summed E-state index contributed by atoms with van der Waals surface area (Å²) in [6.45, 7) is 0.962. The molecule has 1 aliphatic carbocycles. The lowest BCUT2D eigenvalue weighted by Gasteiger charge is -2.42. The van der Waals surface area contributed by atoms with Gasteiger partial charge in [0.15, 0.2) is 11.5 Å². The Morgan fingerprint density at radius 3 is 2.92 bits per heavy atom. The number of nitrogens with zero attached hydrogens (tertiary/aromatic N) is 2. The predicted octanol–water partition coefficient (Wildman–Crippen LogP) is 1.66. The Bertz CT molecular complexity index is 789. The molecule has 1 unspecified atom stereocenters.